The number of para-hydroxylation sites is 2. The normalized spacial score (nSPS) is 11.1. The standard InChI is InChI=1S/C22H27N3O2/c1-15(2)18-10-9-16(3)13-21(18)27-12-11-25-20-8-6-5-7-19(20)24-22(25)14-23-17(4)26/h5-10,13,15H,11-12,14H2,1-4H3,(H,23,26). The number of aryl methyl sites for hydroxylation is 1. The summed E-state index contributed by atoms with van der Waals surface area (Å²) in [6.07, 6.45) is 0. The molecular weight excluding hydrogens is 338 g/mol. The summed E-state index contributed by atoms with van der Waals surface area (Å²) in [5, 5.41) is 2.84. The van der Waals surface area contributed by atoms with Crippen LogP contribution in [0.3, 0.4) is 0 Å². The van der Waals surface area contributed by atoms with E-state index in [1.165, 1.54) is 18.1 Å². The summed E-state index contributed by atoms with van der Waals surface area (Å²) in [5.74, 6) is 2.12. The molecule has 27 heavy (non-hydrogen) atoms. The van der Waals surface area contributed by atoms with Crippen LogP contribution in [0.4, 0.5) is 0 Å². The second-order valence-electron chi connectivity index (χ2n) is 7.12. The summed E-state index contributed by atoms with van der Waals surface area (Å²) < 4.78 is 8.27. The zero-order valence-corrected chi connectivity index (χ0v) is 16.5. The van der Waals surface area contributed by atoms with E-state index >= 15 is 0 Å². The second-order valence-corrected chi connectivity index (χ2v) is 7.12. The Balaban J connectivity index is 1.80. The first-order valence-corrected chi connectivity index (χ1v) is 9.37. The quantitative estimate of drug-likeness (QED) is 0.683. The Morgan fingerprint density at radius 3 is 2.74 bits per heavy atom. The molecule has 1 amide bonds. The van der Waals surface area contributed by atoms with Crippen LogP contribution in [0.5, 0.6) is 5.75 Å². The molecule has 1 heterocycles. The highest BCUT2D eigenvalue weighted by molar-refractivity contribution is 5.76. The Morgan fingerprint density at radius 2 is 2.00 bits per heavy atom. The Labute approximate surface area is 160 Å². The number of hydrogen-bond acceptors (Lipinski definition) is 3. The molecule has 0 radical (unpaired) electrons. The number of fused-ring (bicyclic) bond motifs is 1. The van der Waals surface area contributed by atoms with E-state index in [9.17, 15) is 4.79 Å². The molecule has 1 N–H and O–H groups in total. The van der Waals surface area contributed by atoms with E-state index in [-0.39, 0.29) is 5.91 Å². The van der Waals surface area contributed by atoms with E-state index in [0.29, 0.717) is 25.6 Å². The van der Waals surface area contributed by atoms with Crippen LogP contribution in [0.2, 0.25) is 0 Å². The topological polar surface area (TPSA) is 56.2 Å². The lowest BCUT2D eigenvalue weighted by atomic mass is 10.0. The molecule has 5 heteroatoms. The molecule has 0 saturated heterocycles. The van der Waals surface area contributed by atoms with Gasteiger partial charge >= 0.3 is 0 Å². The first-order chi connectivity index (χ1) is 13.0. The van der Waals surface area contributed by atoms with Gasteiger partial charge in [0.25, 0.3) is 0 Å². The molecule has 142 valence electrons. The third-order valence-electron chi connectivity index (χ3n) is 4.59. The number of nitrogens with one attached hydrogen (secondary N) is 1. The molecule has 1 aromatic heterocycles. The van der Waals surface area contributed by atoms with Crippen LogP contribution in [0, 0.1) is 6.92 Å². The van der Waals surface area contributed by atoms with Crippen molar-refractivity contribution in [2.45, 2.75) is 46.7 Å². The molecular formula is C22H27N3O2. The van der Waals surface area contributed by atoms with E-state index in [4.69, 9.17) is 4.74 Å². The Kier molecular flexibility index (Phi) is 5.79. The molecule has 0 atom stereocenters. The van der Waals surface area contributed by atoms with Crippen LogP contribution in [-0.4, -0.2) is 22.1 Å². The molecule has 0 aliphatic heterocycles. The SMILES string of the molecule is CC(=O)NCc1nc2ccccc2n1CCOc1cc(C)ccc1C(C)C. The predicted octanol–water partition coefficient (Wildman–Crippen LogP) is 4.18. The number of rotatable bonds is 7. The van der Waals surface area contributed by atoms with Gasteiger partial charge in [-0.05, 0) is 42.2 Å². The van der Waals surface area contributed by atoms with Gasteiger partial charge in [0.05, 0.1) is 24.1 Å². The molecule has 5 nitrogen and oxygen atoms in total. The van der Waals surface area contributed by atoms with Crippen molar-refractivity contribution in [2.24, 2.45) is 0 Å². The molecule has 0 aliphatic rings. The third-order valence-corrected chi connectivity index (χ3v) is 4.59. The molecule has 2 aromatic carbocycles. The highest BCUT2D eigenvalue weighted by Gasteiger charge is 2.12. The first kappa shape index (κ1) is 19.0. The molecule has 0 fully saturated rings. The summed E-state index contributed by atoms with van der Waals surface area (Å²) in [4.78, 5) is 16.0. The largest absolute Gasteiger partial charge is 0.491 e. The Morgan fingerprint density at radius 1 is 1.22 bits per heavy atom. The monoisotopic (exact) mass is 365 g/mol. The van der Waals surface area contributed by atoms with Crippen molar-refractivity contribution in [1.29, 1.82) is 0 Å². The lowest BCUT2D eigenvalue weighted by Gasteiger charge is -2.16. The average Bonchev–Trinajstić information content (AvgIpc) is 2.97. The lowest BCUT2D eigenvalue weighted by molar-refractivity contribution is -0.119. The van der Waals surface area contributed by atoms with Crippen LogP contribution in [0.1, 0.15) is 43.6 Å². The van der Waals surface area contributed by atoms with Crippen molar-refractivity contribution in [3.63, 3.8) is 0 Å². The number of hydrogen-bond donors (Lipinski definition) is 1. The zero-order valence-electron chi connectivity index (χ0n) is 16.5. The van der Waals surface area contributed by atoms with E-state index in [2.05, 4.69) is 53.8 Å². The van der Waals surface area contributed by atoms with E-state index in [0.717, 1.165) is 22.6 Å². The molecule has 0 aliphatic carbocycles. The van der Waals surface area contributed by atoms with Gasteiger partial charge in [-0.3, -0.25) is 4.79 Å². The van der Waals surface area contributed by atoms with Crippen LogP contribution >= 0.6 is 0 Å². The third kappa shape index (κ3) is 4.48. The van der Waals surface area contributed by atoms with Gasteiger partial charge in [0.15, 0.2) is 0 Å². The van der Waals surface area contributed by atoms with Crippen LogP contribution in [0.25, 0.3) is 11.0 Å². The highest BCUT2D eigenvalue weighted by Crippen LogP contribution is 2.27. The molecule has 0 saturated carbocycles. The van der Waals surface area contributed by atoms with Gasteiger partial charge in [0.1, 0.15) is 18.2 Å². The number of ether oxygens (including phenoxy) is 1. The number of carbonyl (C=O) groups excluding carboxylic acids is 1. The van der Waals surface area contributed by atoms with Crippen LogP contribution in [-0.2, 0) is 17.9 Å². The minimum atomic E-state index is -0.0637. The van der Waals surface area contributed by atoms with Crippen molar-refractivity contribution in [3.8, 4) is 5.75 Å². The molecule has 0 bridgehead atoms. The lowest BCUT2D eigenvalue weighted by Crippen LogP contribution is -2.22. The van der Waals surface area contributed by atoms with Gasteiger partial charge in [-0.25, -0.2) is 4.98 Å². The minimum absolute atomic E-state index is 0.0637. The zero-order chi connectivity index (χ0) is 19.4. The summed E-state index contributed by atoms with van der Waals surface area (Å²) in [6.45, 7) is 9.55. The Bertz CT molecular complexity index is 944. The maximum Gasteiger partial charge on any atom is 0.217 e. The molecule has 3 aromatic rings. The Hall–Kier alpha value is -2.82. The van der Waals surface area contributed by atoms with Crippen molar-refractivity contribution in [1.82, 2.24) is 14.9 Å². The average molecular weight is 365 g/mol. The van der Waals surface area contributed by atoms with Gasteiger partial charge in [-0.2, -0.15) is 0 Å². The van der Waals surface area contributed by atoms with E-state index in [1.54, 1.807) is 0 Å². The smallest absolute Gasteiger partial charge is 0.217 e. The van der Waals surface area contributed by atoms with Crippen molar-refractivity contribution < 1.29 is 9.53 Å². The fourth-order valence-corrected chi connectivity index (χ4v) is 3.20. The molecule has 0 unspecified atom stereocenters. The number of benzene rings is 2. The maximum atomic E-state index is 11.3. The van der Waals surface area contributed by atoms with Crippen molar-refractivity contribution >= 4 is 16.9 Å². The van der Waals surface area contributed by atoms with Gasteiger partial charge in [0, 0.05) is 6.92 Å². The maximum absolute atomic E-state index is 11.3. The number of imidazole rings is 1. The summed E-state index contributed by atoms with van der Waals surface area (Å²) >= 11 is 0. The molecule has 0 spiro atoms. The second kappa shape index (κ2) is 8.25. The number of aromatic nitrogens is 2. The fraction of sp³-hybridized carbons (Fsp3) is 0.364. The van der Waals surface area contributed by atoms with Crippen LogP contribution in [0.15, 0.2) is 42.5 Å². The number of carbonyl (C=O) groups is 1. The number of amides is 1. The highest BCUT2D eigenvalue weighted by atomic mass is 16.5. The summed E-state index contributed by atoms with van der Waals surface area (Å²) in [5.41, 5.74) is 4.38. The summed E-state index contributed by atoms with van der Waals surface area (Å²) in [6, 6.07) is 14.4. The van der Waals surface area contributed by atoms with Crippen molar-refractivity contribution in [3.05, 3.63) is 59.4 Å². The number of nitrogens with zero attached hydrogens (tertiary/aromatic N) is 2. The van der Waals surface area contributed by atoms with Gasteiger partial charge in [-0.1, -0.05) is 38.1 Å². The molecule has 3 rings (SSSR count). The minimum Gasteiger partial charge on any atom is -0.491 e. The first-order valence-electron chi connectivity index (χ1n) is 9.37. The van der Waals surface area contributed by atoms with Gasteiger partial charge in [-0.15, -0.1) is 0 Å². The summed E-state index contributed by atoms with van der Waals surface area (Å²) in [7, 11) is 0. The predicted molar refractivity (Wildman–Crippen MR) is 108 cm³/mol. The van der Waals surface area contributed by atoms with E-state index < -0.39 is 0 Å². The van der Waals surface area contributed by atoms with Gasteiger partial charge < -0.3 is 14.6 Å². The fourth-order valence-electron chi connectivity index (χ4n) is 3.20. The van der Waals surface area contributed by atoms with Crippen molar-refractivity contribution in [2.75, 3.05) is 6.61 Å². The van der Waals surface area contributed by atoms with E-state index in [1.807, 2.05) is 24.3 Å². The van der Waals surface area contributed by atoms with Crippen LogP contribution < -0.4 is 10.1 Å². The van der Waals surface area contributed by atoms with Gasteiger partial charge in [0.2, 0.25) is 5.91 Å².